The summed E-state index contributed by atoms with van der Waals surface area (Å²) in [7, 11) is 0. The summed E-state index contributed by atoms with van der Waals surface area (Å²) in [6.07, 6.45) is -0.966. The summed E-state index contributed by atoms with van der Waals surface area (Å²) in [6, 6.07) is 0.414. The van der Waals surface area contributed by atoms with E-state index in [0.717, 1.165) is 0 Å². The molecule has 0 bridgehead atoms. The Hall–Kier alpha value is -3.71. The molecule has 1 aromatic carbocycles. The number of nitrogens with two attached hydrogens (primary N) is 1. The van der Waals surface area contributed by atoms with Gasteiger partial charge in [0.2, 0.25) is 17.7 Å². The van der Waals surface area contributed by atoms with Gasteiger partial charge in [0.15, 0.2) is 0 Å². The lowest BCUT2D eigenvalue weighted by molar-refractivity contribution is -0.143. The number of rotatable bonds is 13. The molecule has 0 saturated carbocycles. The van der Waals surface area contributed by atoms with E-state index in [4.69, 9.17) is 15.9 Å². The molecule has 0 aliphatic heterocycles. The van der Waals surface area contributed by atoms with Crippen LogP contribution in [0, 0.1) is 0 Å². The summed E-state index contributed by atoms with van der Waals surface area (Å²) < 4.78 is 0. The van der Waals surface area contributed by atoms with Crippen molar-refractivity contribution < 1.29 is 44.4 Å². The molecule has 0 aromatic heterocycles. The Balaban J connectivity index is 2.89. The van der Waals surface area contributed by atoms with Crippen LogP contribution in [0.3, 0.4) is 0 Å². The molecule has 33 heavy (non-hydrogen) atoms. The largest absolute Gasteiger partial charge is 0.508 e. The maximum Gasteiger partial charge on any atom is 0.326 e. The number of nitrogens with one attached hydrogen (secondary N) is 3. The third kappa shape index (κ3) is 9.53. The zero-order valence-electron chi connectivity index (χ0n) is 17.9. The van der Waals surface area contributed by atoms with E-state index < -0.39 is 66.9 Å². The van der Waals surface area contributed by atoms with Crippen molar-refractivity contribution in [1.82, 2.24) is 16.0 Å². The van der Waals surface area contributed by atoms with E-state index in [0.29, 0.717) is 5.56 Å². The van der Waals surface area contributed by atoms with Gasteiger partial charge >= 0.3 is 11.9 Å². The quantitative estimate of drug-likeness (QED) is 0.154. The van der Waals surface area contributed by atoms with Crippen LogP contribution < -0.4 is 21.7 Å². The lowest BCUT2D eigenvalue weighted by Gasteiger charge is -2.23. The summed E-state index contributed by atoms with van der Waals surface area (Å²) in [6.45, 7) is 0.635. The van der Waals surface area contributed by atoms with Crippen molar-refractivity contribution in [2.45, 2.75) is 50.4 Å². The summed E-state index contributed by atoms with van der Waals surface area (Å²) in [4.78, 5) is 59.4. The topological polar surface area (TPSA) is 228 Å². The van der Waals surface area contributed by atoms with E-state index >= 15 is 0 Å². The predicted octanol–water partition coefficient (Wildman–Crippen LogP) is -2.32. The number of carboxylic acids is 2. The summed E-state index contributed by atoms with van der Waals surface area (Å²) >= 11 is 0. The summed E-state index contributed by atoms with van der Waals surface area (Å²) in [5.41, 5.74) is 5.86. The molecular weight excluding hydrogens is 440 g/mol. The predicted molar refractivity (Wildman–Crippen MR) is 113 cm³/mol. The fourth-order valence-electron chi connectivity index (χ4n) is 2.64. The van der Waals surface area contributed by atoms with Gasteiger partial charge < -0.3 is 42.1 Å². The number of hydrogen-bond donors (Lipinski definition) is 8. The molecule has 0 aliphatic rings. The zero-order valence-corrected chi connectivity index (χ0v) is 17.9. The molecule has 0 saturated heterocycles. The van der Waals surface area contributed by atoms with Crippen molar-refractivity contribution in [2.75, 3.05) is 6.61 Å². The monoisotopic (exact) mass is 468 g/mol. The van der Waals surface area contributed by atoms with Crippen LogP contribution >= 0.6 is 0 Å². The van der Waals surface area contributed by atoms with Crippen LogP contribution in [0.25, 0.3) is 0 Å². The van der Waals surface area contributed by atoms with Gasteiger partial charge in [0, 0.05) is 12.8 Å². The summed E-state index contributed by atoms with van der Waals surface area (Å²) in [5, 5.41) is 43.4. The molecule has 4 atom stereocenters. The highest BCUT2D eigenvalue weighted by atomic mass is 16.4. The number of aliphatic carboxylic acids is 2. The minimum absolute atomic E-state index is 0.0211. The Kier molecular flexibility index (Phi) is 10.7. The van der Waals surface area contributed by atoms with E-state index in [9.17, 15) is 34.2 Å². The van der Waals surface area contributed by atoms with Crippen LogP contribution in [0.2, 0.25) is 0 Å². The molecular formula is C20H28N4O9. The molecule has 0 radical (unpaired) electrons. The molecule has 9 N–H and O–H groups in total. The number of aliphatic hydroxyl groups excluding tert-OH is 1. The normalized spacial score (nSPS) is 14.3. The fourth-order valence-corrected chi connectivity index (χ4v) is 2.64. The number of aliphatic hydroxyl groups is 1. The smallest absolute Gasteiger partial charge is 0.326 e. The first-order chi connectivity index (χ1) is 15.4. The van der Waals surface area contributed by atoms with Gasteiger partial charge in [-0.1, -0.05) is 12.1 Å². The minimum Gasteiger partial charge on any atom is -0.508 e. The molecule has 3 amide bonds. The molecule has 1 aromatic rings. The van der Waals surface area contributed by atoms with Crippen LogP contribution in [0.15, 0.2) is 24.3 Å². The van der Waals surface area contributed by atoms with Crippen LogP contribution in [-0.4, -0.2) is 80.9 Å². The van der Waals surface area contributed by atoms with Gasteiger partial charge in [-0.3, -0.25) is 19.2 Å². The maximum absolute atomic E-state index is 12.7. The van der Waals surface area contributed by atoms with Gasteiger partial charge in [-0.25, -0.2) is 4.79 Å². The maximum atomic E-state index is 12.7. The van der Waals surface area contributed by atoms with Crippen molar-refractivity contribution in [1.29, 1.82) is 0 Å². The Labute approximate surface area is 189 Å². The average molecular weight is 468 g/mol. The third-order valence-corrected chi connectivity index (χ3v) is 4.56. The zero-order chi connectivity index (χ0) is 25.1. The molecule has 0 heterocycles. The Morgan fingerprint density at radius 2 is 1.48 bits per heavy atom. The van der Waals surface area contributed by atoms with Crippen LogP contribution in [0.5, 0.6) is 5.75 Å². The Morgan fingerprint density at radius 1 is 0.909 bits per heavy atom. The van der Waals surface area contributed by atoms with E-state index in [-0.39, 0.29) is 18.6 Å². The number of benzene rings is 1. The van der Waals surface area contributed by atoms with Crippen molar-refractivity contribution in [2.24, 2.45) is 5.73 Å². The Morgan fingerprint density at radius 3 is 2.00 bits per heavy atom. The standard InChI is InChI=1S/C20H28N4O9/c1-10(22-18(30)13(21)9-25)17(29)23-14(6-7-16(27)28)19(31)24-15(20(32)33)8-11-2-4-12(26)5-3-11/h2-5,10,13-15,25-26H,6-9,21H2,1H3,(H,22,30)(H,23,29)(H,24,31)(H,27,28)(H,32,33). The highest BCUT2D eigenvalue weighted by Gasteiger charge is 2.29. The van der Waals surface area contributed by atoms with E-state index in [2.05, 4.69) is 16.0 Å². The second-order valence-electron chi connectivity index (χ2n) is 7.28. The molecule has 182 valence electrons. The first kappa shape index (κ1) is 27.3. The number of phenolic OH excluding ortho intramolecular Hbond substituents is 1. The minimum atomic E-state index is -1.40. The second kappa shape index (κ2) is 13.0. The molecule has 4 unspecified atom stereocenters. The highest BCUT2D eigenvalue weighted by molar-refractivity contribution is 5.94. The number of phenols is 1. The van der Waals surface area contributed by atoms with Crippen molar-refractivity contribution in [3.05, 3.63) is 29.8 Å². The second-order valence-corrected chi connectivity index (χ2v) is 7.28. The lowest BCUT2D eigenvalue weighted by atomic mass is 10.0. The van der Waals surface area contributed by atoms with E-state index in [1.165, 1.54) is 31.2 Å². The van der Waals surface area contributed by atoms with Crippen molar-refractivity contribution >= 4 is 29.7 Å². The van der Waals surface area contributed by atoms with Gasteiger partial charge in [-0.2, -0.15) is 0 Å². The molecule has 13 heteroatoms. The SMILES string of the molecule is CC(NC(=O)C(N)CO)C(=O)NC(CCC(=O)O)C(=O)NC(Cc1ccc(O)cc1)C(=O)O. The van der Waals surface area contributed by atoms with Crippen LogP contribution in [-0.2, 0) is 30.4 Å². The molecule has 1 rings (SSSR count). The van der Waals surface area contributed by atoms with Gasteiger partial charge in [-0.05, 0) is 31.0 Å². The number of carboxylic acid groups (broad SMARTS) is 2. The molecule has 0 spiro atoms. The first-order valence-electron chi connectivity index (χ1n) is 9.94. The lowest BCUT2D eigenvalue weighted by Crippen LogP contribution is -2.56. The summed E-state index contributed by atoms with van der Waals surface area (Å²) in [5.74, 6) is -5.21. The van der Waals surface area contributed by atoms with Gasteiger partial charge in [0.25, 0.3) is 0 Å². The fraction of sp³-hybridized carbons (Fsp3) is 0.450. The number of carbonyl (C=O) groups is 5. The molecule has 13 nitrogen and oxygen atoms in total. The van der Waals surface area contributed by atoms with Crippen LogP contribution in [0.4, 0.5) is 0 Å². The Bertz CT molecular complexity index is 860. The van der Waals surface area contributed by atoms with Gasteiger partial charge in [0.1, 0.15) is 29.9 Å². The number of amides is 3. The number of aromatic hydroxyl groups is 1. The van der Waals surface area contributed by atoms with Crippen molar-refractivity contribution in [3.63, 3.8) is 0 Å². The highest BCUT2D eigenvalue weighted by Crippen LogP contribution is 2.12. The molecule has 0 aliphatic carbocycles. The van der Waals surface area contributed by atoms with Gasteiger partial charge in [0.05, 0.1) is 6.61 Å². The number of carbonyl (C=O) groups excluding carboxylic acids is 3. The van der Waals surface area contributed by atoms with Crippen LogP contribution in [0.1, 0.15) is 25.3 Å². The van der Waals surface area contributed by atoms with E-state index in [1.54, 1.807) is 0 Å². The number of hydrogen-bond acceptors (Lipinski definition) is 8. The average Bonchev–Trinajstić information content (AvgIpc) is 2.76. The van der Waals surface area contributed by atoms with Crippen molar-refractivity contribution in [3.8, 4) is 5.75 Å². The third-order valence-electron chi connectivity index (χ3n) is 4.56. The van der Waals surface area contributed by atoms with E-state index in [1.807, 2.05) is 0 Å². The first-order valence-corrected chi connectivity index (χ1v) is 9.94. The van der Waals surface area contributed by atoms with Gasteiger partial charge in [-0.15, -0.1) is 0 Å². The molecule has 0 fully saturated rings.